The van der Waals surface area contributed by atoms with Gasteiger partial charge in [-0.25, -0.2) is 4.98 Å². The summed E-state index contributed by atoms with van der Waals surface area (Å²) < 4.78 is 6.41. The summed E-state index contributed by atoms with van der Waals surface area (Å²) in [6.07, 6.45) is 2.17. The molecule has 0 unspecified atom stereocenters. The number of benzene rings is 1. The maximum Gasteiger partial charge on any atom is 0.175 e. The highest BCUT2D eigenvalue weighted by Crippen LogP contribution is 2.31. The van der Waals surface area contributed by atoms with Gasteiger partial charge < -0.3 is 15.0 Å². The summed E-state index contributed by atoms with van der Waals surface area (Å²) in [5.74, 6) is 1.01. The van der Waals surface area contributed by atoms with E-state index < -0.39 is 0 Å². The fourth-order valence-electron chi connectivity index (χ4n) is 2.43. The largest absolute Gasteiger partial charge is 0.493 e. The number of nitrogens with one attached hydrogen (secondary N) is 2. The smallest absolute Gasteiger partial charge is 0.175 e. The molecule has 1 aromatic heterocycles. The number of rotatable bonds is 3. The molecule has 0 aliphatic carbocycles. The Labute approximate surface area is 120 Å². The quantitative estimate of drug-likeness (QED) is 0.914. The molecule has 100 valence electrons. The van der Waals surface area contributed by atoms with Crippen LogP contribution in [0.5, 0.6) is 5.75 Å². The molecular weight excluding hydrogens is 306 g/mol. The Bertz CT molecular complexity index is 594. The summed E-state index contributed by atoms with van der Waals surface area (Å²) in [4.78, 5) is 7.76. The fourth-order valence-corrected chi connectivity index (χ4v) is 2.85. The number of aromatic amines is 1. The monoisotopic (exact) mass is 321 g/mol. The highest BCUT2D eigenvalue weighted by molar-refractivity contribution is 9.10. The third-order valence-electron chi connectivity index (χ3n) is 3.29. The minimum Gasteiger partial charge on any atom is -0.493 e. The summed E-state index contributed by atoms with van der Waals surface area (Å²) in [6.45, 7) is 1.59. The number of H-pyrrole nitrogens is 1. The topological polar surface area (TPSA) is 49.9 Å². The molecule has 1 aliphatic rings. The maximum absolute atomic E-state index is 5.65. The van der Waals surface area contributed by atoms with Gasteiger partial charge in [0.05, 0.1) is 18.0 Å². The van der Waals surface area contributed by atoms with Gasteiger partial charge in [-0.05, 0) is 59.6 Å². The molecule has 0 bridgehead atoms. The Morgan fingerprint density at radius 2 is 2.37 bits per heavy atom. The van der Waals surface area contributed by atoms with Crippen LogP contribution in [-0.4, -0.2) is 23.6 Å². The van der Waals surface area contributed by atoms with Crippen LogP contribution in [0.2, 0.25) is 0 Å². The molecule has 3 rings (SSSR count). The van der Waals surface area contributed by atoms with Gasteiger partial charge in [0.2, 0.25) is 0 Å². The molecule has 0 spiro atoms. The molecule has 19 heavy (non-hydrogen) atoms. The van der Waals surface area contributed by atoms with Gasteiger partial charge in [-0.2, -0.15) is 0 Å². The predicted octanol–water partition coefficient (Wildman–Crippen LogP) is 2.88. The van der Waals surface area contributed by atoms with E-state index in [9.17, 15) is 0 Å². The van der Waals surface area contributed by atoms with Gasteiger partial charge in [0, 0.05) is 12.1 Å². The summed E-state index contributed by atoms with van der Waals surface area (Å²) in [5.41, 5.74) is 4.50. The number of fused-ring (bicyclic) bond motifs is 1. The predicted molar refractivity (Wildman–Crippen MR) is 78.3 cm³/mol. The number of aromatic nitrogens is 2. The fraction of sp³-hybridized carbons (Fsp3) is 0.357. The van der Waals surface area contributed by atoms with Crippen molar-refractivity contribution in [2.45, 2.75) is 19.4 Å². The summed E-state index contributed by atoms with van der Waals surface area (Å²) in [5, 5.41) is 3.15. The first-order valence-corrected chi connectivity index (χ1v) is 7.22. The summed E-state index contributed by atoms with van der Waals surface area (Å²) >= 11 is 3.41. The van der Waals surface area contributed by atoms with E-state index in [-0.39, 0.29) is 0 Å². The van der Waals surface area contributed by atoms with Crippen LogP contribution in [0.4, 0.5) is 0 Å². The Morgan fingerprint density at radius 3 is 3.21 bits per heavy atom. The van der Waals surface area contributed by atoms with E-state index in [1.807, 2.05) is 7.05 Å². The molecule has 5 heteroatoms. The van der Waals surface area contributed by atoms with E-state index in [0.717, 1.165) is 53.4 Å². The SMILES string of the molecule is CNCc1[nH]c(Br)nc1-c1ccc2c(c1)CCCO2. The Balaban J connectivity index is 2.01. The lowest BCUT2D eigenvalue weighted by Crippen LogP contribution is -2.09. The van der Waals surface area contributed by atoms with Crippen molar-refractivity contribution >= 4 is 15.9 Å². The molecule has 0 amide bonds. The van der Waals surface area contributed by atoms with Crippen molar-refractivity contribution in [1.82, 2.24) is 15.3 Å². The first-order chi connectivity index (χ1) is 9.28. The Kier molecular flexibility index (Phi) is 3.57. The maximum atomic E-state index is 5.65. The number of halogens is 1. The Hall–Kier alpha value is -1.33. The first-order valence-electron chi connectivity index (χ1n) is 6.43. The zero-order valence-electron chi connectivity index (χ0n) is 10.8. The molecule has 1 aliphatic heterocycles. The van der Waals surface area contributed by atoms with Gasteiger partial charge in [0.1, 0.15) is 5.75 Å². The second kappa shape index (κ2) is 5.35. The molecule has 2 aromatic rings. The molecule has 0 radical (unpaired) electrons. The third kappa shape index (κ3) is 2.53. The van der Waals surface area contributed by atoms with Crippen molar-refractivity contribution in [3.05, 3.63) is 34.2 Å². The first kappa shape index (κ1) is 12.7. The van der Waals surface area contributed by atoms with Gasteiger partial charge in [-0.3, -0.25) is 0 Å². The van der Waals surface area contributed by atoms with Crippen LogP contribution in [0.25, 0.3) is 11.3 Å². The molecule has 0 atom stereocenters. The molecule has 0 saturated heterocycles. The van der Waals surface area contributed by atoms with Gasteiger partial charge in [-0.1, -0.05) is 0 Å². The number of hydrogen-bond donors (Lipinski definition) is 2. The lowest BCUT2D eigenvalue weighted by atomic mass is 10.0. The van der Waals surface area contributed by atoms with Crippen molar-refractivity contribution in [2.75, 3.05) is 13.7 Å². The average Bonchev–Trinajstić information content (AvgIpc) is 2.80. The lowest BCUT2D eigenvalue weighted by molar-refractivity contribution is 0.288. The highest BCUT2D eigenvalue weighted by Gasteiger charge is 2.15. The van der Waals surface area contributed by atoms with Crippen LogP contribution >= 0.6 is 15.9 Å². The van der Waals surface area contributed by atoms with Crippen molar-refractivity contribution in [2.24, 2.45) is 0 Å². The van der Waals surface area contributed by atoms with E-state index in [4.69, 9.17) is 4.74 Å². The van der Waals surface area contributed by atoms with Gasteiger partial charge in [0.25, 0.3) is 0 Å². The number of nitrogens with zero attached hydrogens (tertiary/aromatic N) is 1. The van der Waals surface area contributed by atoms with Crippen LogP contribution in [0, 0.1) is 0 Å². The van der Waals surface area contributed by atoms with Crippen molar-refractivity contribution in [1.29, 1.82) is 0 Å². The summed E-state index contributed by atoms with van der Waals surface area (Å²) in [6, 6.07) is 6.32. The van der Waals surface area contributed by atoms with Gasteiger partial charge >= 0.3 is 0 Å². The molecule has 1 aromatic carbocycles. The van der Waals surface area contributed by atoms with Crippen LogP contribution < -0.4 is 10.1 Å². The number of ether oxygens (including phenoxy) is 1. The molecule has 2 heterocycles. The normalized spacial score (nSPS) is 14.0. The van der Waals surface area contributed by atoms with E-state index in [0.29, 0.717) is 0 Å². The zero-order chi connectivity index (χ0) is 13.2. The molecule has 0 fully saturated rings. The molecule has 4 nitrogen and oxygen atoms in total. The van der Waals surface area contributed by atoms with Gasteiger partial charge in [0.15, 0.2) is 4.73 Å². The standard InChI is InChI=1S/C14H16BrN3O/c1-16-8-11-13(18-14(15)17-11)10-4-5-12-9(7-10)3-2-6-19-12/h4-5,7,16H,2-3,6,8H2,1H3,(H,17,18). The highest BCUT2D eigenvalue weighted by atomic mass is 79.9. The minimum atomic E-state index is 0.765. The van der Waals surface area contributed by atoms with Crippen molar-refractivity contribution in [3.63, 3.8) is 0 Å². The number of aryl methyl sites for hydroxylation is 1. The van der Waals surface area contributed by atoms with Crippen molar-refractivity contribution in [3.8, 4) is 17.0 Å². The van der Waals surface area contributed by atoms with Crippen LogP contribution in [0.3, 0.4) is 0 Å². The lowest BCUT2D eigenvalue weighted by Gasteiger charge is -2.17. The Morgan fingerprint density at radius 1 is 1.47 bits per heavy atom. The van der Waals surface area contributed by atoms with Crippen LogP contribution in [0.1, 0.15) is 17.7 Å². The minimum absolute atomic E-state index is 0.765. The van der Waals surface area contributed by atoms with Gasteiger partial charge in [-0.15, -0.1) is 0 Å². The molecule has 0 saturated carbocycles. The van der Waals surface area contributed by atoms with Crippen LogP contribution in [-0.2, 0) is 13.0 Å². The van der Waals surface area contributed by atoms with E-state index in [1.165, 1.54) is 5.56 Å². The molecular formula is C14H16BrN3O. The van der Waals surface area contributed by atoms with Crippen LogP contribution in [0.15, 0.2) is 22.9 Å². The third-order valence-corrected chi connectivity index (χ3v) is 3.66. The second-order valence-electron chi connectivity index (χ2n) is 4.66. The van der Waals surface area contributed by atoms with Crippen molar-refractivity contribution < 1.29 is 4.74 Å². The molecule has 2 N–H and O–H groups in total. The zero-order valence-corrected chi connectivity index (χ0v) is 12.4. The second-order valence-corrected chi connectivity index (χ2v) is 5.41. The number of imidazole rings is 1. The summed E-state index contributed by atoms with van der Waals surface area (Å²) in [7, 11) is 1.93. The number of hydrogen-bond acceptors (Lipinski definition) is 3. The van der Waals surface area contributed by atoms with E-state index >= 15 is 0 Å². The average molecular weight is 322 g/mol. The van der Waals surface area contributed by atoms with E-state index in [1.54, 1.807) is 0 Å². The van der Waals surface area contributed by atoms with E-state index in [2.05, 4.69) is 49.4 Å².